The van der Waals surface area contributed by atoms with Crippen LogP contribution in [0.25, 0.3) is 0 Å². The molecule has 0 radical (unpaired) electrons. The molecule has 130 valence electrons. The molecule has 0 aliphatic carbocycles. The van der Waals surface area contributed by atoms with Crippen LogP contribution in [-0.4, -0.2) is 29.8 Å². The molecule has 2 aromatic rings. The molecule has 7 heteroatoms. The molecule has 0 fully saturated rings. The monoisotopic (exact) mass is 332 g/mol. The average molecular weight is 332 g/mol. The molecule has 0 aliphatic rings. The number of methoxy groups -OCH3 is 1. The first-order chi connectivity index (χ1) is 11.4. The molecular weight excluding hydrogens is 308 g/mol. The van der Waals surface area contributed by atoms with Gasteiger partial charge in [-0.15, -0.1) is 0 Å². The van der Waals surface area contributed by atoms with Crippen molar-refractivity contribution in [3.63, 3.8) is 0 Å². The van der Waals surface area contributed by atoms with E-state index in [1.165, 1.54) is 0 Å². The molecule has 24 heavy (non-hydrogen) atoms. The Labute approximate surface area is 141 Å². The van der Waals surface area contributed by atoms with Gasteiger partial charge in [-0.05, 0) is 26.8 Å². The third-order valence-corrected chi connectivity index (χ3v) is 4.00. The number of aryl methyl sites for hydroxylation is 2. The highest BCUT2D eigenvalue weighted by Gasteiger charge is 2.18. The summed E-state index contributed by atoms with van der Waals surface area (Å²) in [5, 5.41) is 9.74. The Bertz CT molecular complexity index is 679. The summed E-state index contributed by atoms with van der Waals surface area (Å²) in [6.07, 6.45) is 3.30. The van der Waals surface area contributed by atoms with Crippen molar-refractivity contribution < 1.29 is 14.1 Å². The second-order valence-corrected chi connectivity index (χ2v) is 5.83. The zero-order valence-electron chi connectivity index (χ0n) is 14.7. The van der Waals surface area contributed by atoms with E-state index in [1.54, 1.807) is 19.5 Å². The maximum Gasteiger partial charge on any atom is 0.315 e. The van der Waals surface area contributed by atoms with E-state index in [0.29, 0.717) is 12.3 Å². The molecule has 0 aliphatic heterocycles. The van der Waals surface area contributed by atoms with Crippen LogP contribution in [0.2, 0.25) is 0 Å². The average Bonchev–Trinajstić information content (AvgIpc) is 2.91. The number of nitrogens with one attached hydrogen (secondary N) is 2. The predicted molar refractivity (Wildman–Crippen MR) is 90.1 cm³/mol. The number of pyridine rings is 1. The zero-order chi connectivity index (χ0) is 17.7. The summed E-state index contributed by atoms with van der Waals surface area (Å²) in [5.41, 5.74) is 2.78. The number of rotatable bonds is 6. The van der Waals surface area contributed by atoms with E-state index in [0.717, 1.165) is 22.6 Å². The van der Waals surface area contributed by atoms with Crippen LogP contribution in [-0.2, 0) is 0 Å². The van der Waals surface area contributed by atoms with Gasteiger partial charge in [0.05, 0.1) is 25.0 Å². The Kier molecular flexibility index (Phi) is 5.78. The molecule has 2 rings (SSSR count). The summed E-state index contributed by atoms with van der Waals surface area (Å²) >= 11 is 0. The largest absolute Gasteiger partial charge is 0.495 e. The van der Waals surface area contributed by atoms with Crippen LogP contribution in [0.3, 0.4) is 0 Å². The van der Waals surface area contributed by atoms with Crippen LogP contribution >= 0.6 is 0 Å². The minimum atomic E-state index is -0.236. The second-order valence-electron chi connectivity index (χ2n) is 5.83. The van der Waals surface area contributed by atoms with Gasteiger partial charge in [0.2, 0.25) is 0 Å². The van der Waals surface area contributed by atoms with Gasteiger partial charge >= 0.3 is 6.03 Å². The van der Waals surface area contributed by atoms with E-state index in [9.17, 15) is 4.79 Å². The summed E-state index contributed by atoms with van der Waals surface area (Å²) in [6, 6.07) is 1.40. The first-order valence-electron chi connectivity index (χ1n) is 7.89. The standard InChI is InChI=1S/C17H24N4O3/c1-10(16-12(3)21-24-13(16)4)8-19-17(22)20-11(2)14-6-7-18-9-15(14)23-5/h6-7,9-11H,8H2,1-5H3,(H2,19,20,22)/t10-,11-/m1/s1. The van der Waals surface area contributed by atoms with Gasteiger partial charge < -0.3 is 19.9 Å². The lowest BCUT2D eigenvalue weighted by atomic mass is 10.00. The van der Waals surface area contributed by atoms with Crippen LogP contribution in [0.5, 0.6) is 5.75 Å². The van der Waals surface area contributed by atoms with E-state index in [2.05, 4.69) is 20.8 Å². The smallest absolute Gasteiger partial charge is 0.315 e. The summed E-state index contributed by atoms with van der Waals surface area (Å²) in [6.45, 7) is 8.20. The quantitative estimate of drug-likeness (QED) is 0.849. The van der Waals surface area contributed by atoms with Crippen molar-refractivity contribution in [2.45, 2.75) is 39.7 Å². The first-order valence-corrected chi connectivity index (χ1v) is 7.89. The molecule has 0 spiro atoms. The van der Waals surface area contributed by atoms with E-state index in [-0.39, 0.29) is 18.0 Å². The lowest BCUT2D eigenvalue weighted by Gasteiger charge is -2.18. The molecule has 2 amide bonds. The third-order valence-electron chi connectivity index (χ3n) is 4.00. The van der Waals surface area contributed by atoms with E-state index in [1.807, 2.05) is 33.8 Å². The van der Waals surface area contributed by atoms with Crippen LogP contribution in [0.4, 0.5) is 4.79 Å². The minimum Gasteiger partial charge on any atom is -0.495 e. The second kappa shape index (κ2) is 7.81. The number of hydrogen-bond donors (Lipinski definition) is 2. The maximum absolute atomic E-state index is 12.2. The fourth-order valence-corrected chi connectivity index (χ4v) is 2.79. The zero-order valence-corrected chi connectivity index (χ0v) is 14.7. The molecule has 2 heterocycles. The van der Waals surface area contributed by atoms with Gasteiger partial charge in [0.15, 0.2) is 0 Å². The van der Waals surface area contributed by atoms with Crippen LogP contribution in [0, 0.1) is 13.8 Å². The Morgan fingerprint density at radius 1 is 1.38 bits per heavy atom. The lowest BCUT2D eigenvalue weighted by Crippen LogP contribution is -2.38. The van der Waals surface area contributed by atoms with Gasteiger partial charge in [-0.1, -0.05) is 12.1 Å². The first kappa shape index (κ1) is 17.8. The number of urea groups is 1. The molecular formula is C17H24N4O3. The van der Waals surface area contributed by atoms with Gasteiger partial charge in [0.25, 0.3) is 0 Å². The highest BCUT2D eigenvalue weighted by Crippen LogP contribution is 2.24. The molecule has 2 atom stereocenters. The van der Waals surface area contributed by atoms with Crippen LogP contribution in [0.15, 0.2) is 23.0 Å². The molecule has 7 nitrogen and oxygen atoms in total. The van der Waals surface area contributed by atoms with E-state index in [4.69, 9.17) is 9.26 Å². The Balaban J connectivity index is 1.91. The number of amides is 2. The maximum atomic E-state index is 12.2. The number of aromatic nitrogens is 2. The molecule has 0 unspecified atom stereocenters. The number of hydrogen-bond acceptors (Lipinski definition) is 5. The number of carbonyl (C=O) groups excluding carboxylic acids is 1. The molecule has 2 aromatic heterocycles. The van der Waals surface area contributed by atoms with Crippen molar-refractivity contribution >= 4 is 6.03 Å². The summed E-state index contributed by atoms with van der Waals surface area (Å²) < 4.78 is 10.4. The van der Waals surface area contributed by atoms with E-state index < -0.39 is 0 Å². The van der Waals surface area contributed by atoms with Crippen molar-refractivity contribution in [2.75, 3.05) is 13.7 Å². The molecule has 0 saturated carbocycles. The van der Waals surface area contributed by atoms with Crippen molar-refractivity contribution in [3.8, 4) is 5.75 Å². The van der Waals surface area contributed by atoms with Crippen LogP contribution < -0.4 is 15.4 Å². The third kappa shape index (κ3) is 4.04. The van der Waals surface area contributed by atoms with Gasteiger partial charge in [0, 0.05) is 29.8 Å². The van der Waals surface area contributed by atoms with Gasteiger partial charge in [-0.25, -0.2) is 4.79 Å². The van der Waals surface area contributed by atoms with Crippen molar-refractivity contribution in [3.05, 3.63) is 41.0 Å². The van der Waals surface area contributed by atoms with Crippen LogP contribution in [0.1, 0.15) is 48.4 Å². The van der Waals surface area contributed by atoms with E-state index >= 15 is 0 Å². The molecule has 0 bridgehead atoms. The summed E-state index contributed by atoms with van der Waals surface area (Å²) in [4.78, 5) is 16.2. The normalized spacial score (nSPS) is 13.2. The predicted octanol–water partition coefficient (Wildman–Crippen LogP) is 2.86. The fourth-order valence-electron chi connectivity index (χ4n) is 2.79. The van der Waals surface area contributed by atoms with Gasteiger partial charge in [0.1, 0.15) is 11.5 Å². The number of carbonyl (C=O) groups is 1. The van der Waals surface area contributed by atoms with Crippen molar-refractivity contribution in [2.24, 2.45) is 0 Å². The minimum absolute atomic E-state index is 0.118. The molecule has 0 aromatic carbocycles. The SMILES string of the molecule is COc1cnccc1[C@@H](C)NC(=O)NC[C@@H](C)c1c(C)noc1C. The fraction of sp³-hybridized carbons (Fsp3) is 0.471. The van der Waals surface area contributed by atoms with Gasteiger partial charge in [-0.2, -0.15) is 0 Å². The Morgan fingerprint density at radius 2 is 2.12 bits per heavy atom. The van der Waals surface area contributed by atoms with Gasteiger partial charge in [-0.3, -0.25) is 4.98 Å². The van der Waals surface area contributed by atoms with Crippen molar-refractivity contribution in [1.29, 1.82) is 0 Å². The van der Waals surface area contributed by atoms with Crippen molar-refractivity contribution in [1.82, 2.24) is 20.8 Å². The summed E-state index contributed by atoms with van der Waals surface area (Å²) in [7, 11) is 1.58. The topological polar surface area (TPSA) is 89.3 Å². The molecule has 2 N–H and O–H groups in total. The lowest BCUT2D eigenvalue weighted by molar-refractivity contribution is 0.237. The summed E-state index contributed by atoms with van der Waals surface area (Å²) in [5.74, 6) is 1.55. The Hall–Kier alpha value is -2.57. The highest BCUT2D eigenvalue weighted by atomic mass is 16.5. The highest BCUT2D eigenvalue weighted by molar-refractivity contribution is 5.74. The Morgan fingerprint density at radius 3 is 2.75 bits per heavy atom. The number of ether oxygens (including phenoxy) is 1. The molecule has 0 saturated heterocycles. The number of nitrogens with zero attached hydrogens (tertiary/aromatic N) is 2.